The Hall–Kier alpha value is -2.74. The van der Waals surface area contributed by atoms with Gasteiger partial charge in [0.05, 0.1) is 15.6 Å². The van der Waals surface area contributed by atoms with Gasteiger partial charge in [0.1, 0.15) is 0 Å². The van der Waals surface area contributed by atoms with Gasteiger partial charge in [0.25, 0.3) is 0 Å². The van der Waals surface area contributed by atoms with Crippen LogP contribution in [0.3, 0.4) is 0 Å². The molecule has 1 unspecified atom stereocenters. The van der Waals surface area contributed by atoms with Crippen molar-refractivity contribution < 1.29 is 9.59 Å². The number of aromatic nitrogens is 1. The number of thiazole rings is 1. The van der Waals surface area contributed by atoms with E-state index in [1.807, 2.05) is 61.5 Å². The highest BCUT2D eigenvalue weighted by Crippen LogP contribution is 2.31. The van der Waals surface area contributed by atoms with Crippen molar-refractivity contribution in [1.29, 1.82) is 0 Å². The van der Waals surface area contributed by atoms with E-state index in [-0.39, 0.29) is 17.9 Å². The molecule has 0 saturated heterocycles. The number of halogens is 1. The predicted molar refractivity (Wildman–Crippen MR) is 136 cm³/mol. The van der Waals surface area contributed by atoms with Gasteiger partial charge >= 0.3 is 0 Å². The summed E-state index contributed by atoms with van der Waals surface area (Å²) < 4.78 is 0. The molecule has 0 saturated carbocycles. The Kier molecular flexibility index (Phi) is 11.0. The van der Waals surface area contributed by atoms with Crippen LogP contribution in [0.25, 0.3) is 10.4 Å². The Morgan fingerprint density at radius 2 is 1.76 bits per heavy atom. The van der Waals surface area contributed by atoms with Crippen molar-refractivity contribution in [1.82, 2.24) is 10.3 Å². The summed E-state index contributed by atoms with van der Waals surface area (Å²) in [4.78, 5) is 27.7. The van der Waals surface area contributed by atoms with Gasteiger partial charge in [-0.2, -0.15) is 0 Å². The monoisotopic (exact) mass is 486 g/mol. The van der Waals surface area contributed by atoms with Crippen LogP contribution in [-0.2, 0) is 22.4 Å². The molecule has 6 nitrogen and oxygen atoms in total. The third kappa shape index (κ3) is 9.34. The van der Waals surface area contributed by atoms with Crippen molar-refractivity contribution in [3.05, 3.63) is 75.9 Å². The Morgan fingerprint density at radius 3 is 2.33 bits per heavy atom. The number of aryl methyl sites for hydroxylation is 2. The number of nitrogens with two attached hydrogens (primary N) is 2. The minimum absolute atomic E-state index is 0.00674. The number of nitrogens with zero attached hydrogens (tertiary/aromatic N) is 1. The lowest BCUT2D eigenvalue weighted by Gasteiger charge is -2.16. The minimum Gasteiger partial charge on any atom is -0.370 e. The van der Waals surface area contributed by atoms with E-state index in [1.165, 1.54) is 5.56 Å². The van der Waals surface area contributed by atoms with Gasteiger partial charge in [0.15, 0.2) is 0 Å². The van der Waals surface area contributed by atoms with Gasteiger partial charge in [-0.25, -0.2) is 4.98 Å². The standard InChI is InChI=1S/C22H24ClN3OS.C3H7NO/c1-15-22(17-7-9-18(23)10-8-17)28-21(25-15)12-11-20(27)26-19(14-24)13-16-5-3-2-4-6-16;1-2-3(4)5/h2-10,19H,11-14,24H2,1H3,(H,26,27);2H2,1H3,(H2,4,5). The van der Waals surface area contributed by atoms with Crippen LogP contribution in [0.1, 0.15) is 36.0 Å². The third-order valence-electron chi connectivity index (χ3n) is 4.84. The summed E-state index contributed by atoms with van der Waals surface area (Å²) in [5.74, 6) is -0.239. The number of hydrogen-bond acceptors (Lipinski definition) is 5. The number of hydrogen-bond donors (Lipinski definition) is 3. The zero-order valence-electron chi connectivity index (χ0n) is 19.0. The minimum atomic E-state index is -0.245. The average Bonchev–Trinajstić information content (AvgIpc) is 3.19. The summed E-state index contributed by atoms with van der Waals surface area (Å²) in [6, 6.07) is 17.7. The quantitative estimate of drug-likeness (QED) is 0.419. The summed E-state index contributed by atoms with van der Waals surface area (Å²) in [6.45, 7) is 4.13. The first-order valence-electron chi connectivity index (χ1n) is 10.9. The van der Waals surface area contributed by atoms with E-state index in [2.05, 4.69) is 16.0 Å². The number of nitrogens with one attached hydrogen (secondary N) is 1. The van der Waals surface area contributed by atoms with Crippen molar-refractivity contribution in [2.24, 2.45) is 11.5 Å². The van der Waals surface area contributed by atoms with Crippen molar-refractivity contribution >= 4 is 34.8 Å². The molecule has 33 heavy (non-hydrogen) atoms. The van der Waals surface area contributed by atoms with E-state index in [0.717, 1.165) is 27.6 Å². The Labute approximate surface area is 204 Å². The summed E-state index contributed by atoms with van der Waals surface area (Å²) in [5.41, 5.74) is 13.7. The zero-order chi connectivity index (χ0) is 24.2. The molecule has 0 aliphatic heterocycles. The number of rotatable bonds is 9. The SMILES string of the molecule is CCC(N)=O.Cc1nc(CCC(=O)NC(CN)Cc2ccccc2)sc1-c1ccc(Cl)cc1. The van der Waals surface area contributed by atoms with E-state index >= 15 is 0 Å². The second kappa shape index (κ2) is 13.7. The molecular weight excluding hydrogens is 456 g/mol. The molecule has 0 spiro atoms. The maximum Gasteiger partial charge on any atom is 0.220 e. The van der Waals surface area contributed by atoms with Crippen LogP contribution in [0.2, 0.25) is 5.02 Å². The summed E-state index contributed by atoms with van der Waals surface area (Å²) in [6.07, 6.45) is 2.20. The smallest absolute Gasteiger partial charge is 0.220 e. The van der Waals surface area contributed by atoms with E-state index in [0.29, 0.717) is 30.8 Å². The van der Waals surface area contributed by atoms with Gasteiger partial charge in [-0.1, -0.05) is 61.0 Å². The Morgan fingerprint density at radius 1 is 1.12 bits per heavy atom. The first kappa shape index (κ1) is 26.5. The normalized spacial score (nSPS) is 11.3. The fraction of sp³-hybridized carbons (Fsp3) is 0.320. The van der Waals surface area contributed by atoms with Crippen LogP contribution in [0.5, 0.6) is 0 Å². The third-order valence-corrected chi connectivity index (χ3v) is 6.35. The second-order valence-corrected chi connectivity index (χ2v) is 9.06. The molecule has 8 heteroatoms. The number of amides is 2. The summed E-state index contributed by atoms with van der Waals surface area (Å²) in [7, 11) is 0. The molecule has 176 valence electrons. The van der Waals surface area contributed by atoms with E-state index in [1.54, 1.807) is 18.3 Å². The fourth-order valence-electron chi connectivity index (χ4n) is 3.04. The molecule has 2 amide bonds. The van der Waals surface area contributed by atoms with Gasteiger partial charge in [-0.3, -0.25) is 9.59 Å². The lowest BCUT2D eigenvalue weighted by molar-refractivity contribution is -0.121. The van der Waals surface area contributed by atoms with Gasteiger partial charge in [0, 0.05) is 36.9 Å². The molecule has 1 heterocycles. The second-order valence-electron chi connectivity index (χ2n) is 7.54. The molecule has 0 fully saturated rings. The first-order chi connectivity index (χ1) is 15.8. The maximum absolute atomic E-state index is 12.4. The van der Waals surface area contributed by atoms with Gasteiger partial charge < -0.3 is 16.8 Å². The van der Waals surface area contributed by atoms with Crippen LogP contribution in [0.4, 0.5) is 0 Å². The van der Waals surface area contributed by atoms with Crippen molar-refractivity contribution in [3.8, 4) is 10.4 Å². The first-order valence-corrected chi connectivity index (χ1v) is 12.1. The predicted octanol–water partition coefficient (Wildman–Crippen LogP) is 4.27. The highest BCUT2D eigenvalue weighted by Gasteiger charge is 2.14. The molecule has 1 aromatic heterocycles. The molecule has 5 N–H and O–H groups in total. The van der Waals surface area contributed by atoms with Crippen molar-refractivity contribution in [2.45, 2.75) is 45.6 Å². The molecule has 3 rings (SSSR count). The largest absolute Gasteiger partial charge is 0.370 e. The summed E-state index contributed by atoms with van der Waals surface area (Å²) >= 11 is 7.60. The molecule has 3 aromatic rings. The van der Waals surface area contributed by atoms with Gasteiger partial charge in [-0.15, -0.1) is 11.3 Å². The highest BCUT2D eigenvalue weighted by atomic mass is 35.5. The average molecular weight is 487 g/mol. The zero-order valence-corrected chi connectivity index (χ0v) is 20.6. The van der Waals surface area contributed by atoms with E-state index in [9.17, 15) is 9.59 Å². The maximum atomic E-state index is 12.4. The van der Waals surface area contributed by atoms with Crippen LogP contribution >= 0.6 is 22.9 Å². The lowest BCUT2D eigenvalue weighted by Crippen LogP contribution is -2.41. The van der Waals surface area contributed by atoms with Crippen LogP contribution in [0, 0.1) is 6.92 Å². The number of primary amides is 1. The Bertz CT molecular complexity index is 1020. The lowest BCUT2D eigenvalue weighted by atomic mass is 10.1. The topological polar surface area (TPSA) is 111 Å². The molecule has 2 aromatic carbocycles. The van der Waals surface area contributed by atoms with E-state index < -0.39 is 0 Å². The van der Waals surface area contributed by atoms with E-state index in [4.69, 9.17) is 17.3 Å². The molecular formula is C25H31ClN4O2S. The summed E-state index contributed by atoms with van der Waals surface area (Å²) in [5, 5.41) is 4.72. The Balaban J connectivity index is 0.000000696. The molecule has 0 bridgehead atoms. The van der Waals surface area contributed by atoms with Gasteiger partial charge in [-0.05, 0) is 36.6 Å². The molecule has 0 radical (unpaired) electrons. The molecule has 1 atom stereocenters. The van der Waals surface area contributed by atoms with Crippen LogP contribution < -0.4 is 16.8 Å². The van der Waals surface area contributed by atoms with Gasteiger partial charge in [0.2, 0.25) is 11.8 Å². The number of carbonyl (C=O) groups is 2. The fourth-order valence-corrected chi connectivity index (χ4v) is 4.24. The number of benzene rings is 2. The molecule has 0 aliphatic rings. The highest BCUT2D eigenvalue weighted by molar-refractivity contribution is 7.15. The van der Waals surface area contributed by atoms with Crippen molar-refractivity contribution in [3.63, 3.8) is 0 Å². The van der Waals surface area contributed by atoms with Crippen LogP contribution in [0.15, 0.2) is 54.6 Å². The van der Waals surface area contributed by atoms with Crippen LogP contribution in [-0.4, -0.2) is 29.4 Å². The number of carbonyl (C=O) groups excluding carboxylic acids is 2. The molecule has 0 aliphatic carbocycles. The van der Waals surface area contributed by atoms with Crippen molar-refractivity contribution in [2.75, 3.05) is 6.54 Å².